The van der Waals surface area contributed by atoms with E-state index in [1.165, 1.54) is 24.3 Å². The molecule has 2 aromatic rings. The lowest BCUT2D eigenvalue weighted by Crippen LogP contribution is -2.31. The zero-order valence-corrected chi connectivity index (χ0v) is 14.0. The minimum atomic E-state index is -0.625. The van der Waals surface area contributed by atoms with Gasteiger partial charge in [0.05, 0.1) is 0 Å². The molecule has 0 heterocycles. The molecule has 0 saturated heterocycles. The van der Waals surface area contributed by atoms with Crippen LogP contribution in [0.15, 0.2) is 48.5 Å². The van der Waals surface area contributed by atoms with Crippen LogP contribution >= 0.6 is 0 Å². The predicted molar refractivity (Wildman–Crippen MR) is 92.8 cm³/mol. The summed E-state index contributed by atoms with van der Waals surface area (Å²) in [5.41, 5.74) is 0.201. The van der Waals surface area contributed by atoms with E-state index in [0.29, 0.717) is 13.1 Å². The summed E-state index contributed by atoms with van der Waals surface area (Å²) in [7, 11) is 0. The number of hydrogen-bond acceptors (Lipinski definition) is 8. The van der Waals surface area contributed by atoms with Crippen LogP contribution in [0.4, 0.5) is 0 Å². The molecule has 0 aliphatic heterocycles. The van der Waals surface area contributed by atoms with Gasteiger partial charge in [0.15, 0.2) is 0 Å². The molecule has 0 saturated carbocycles. The largest absolute Gasteiger partial charge is 0.507 e. The number of benzene rings is 2. The van der Waals surface area contributed by atoms with Gasteiger partial charge in [-0.2, -0.15) is 0 Å². The second-order valence-electron chi connectivity index (χ2n) is 5.19. The summed E-state index contributed by atoms with van der Waals surface area (Å²) in [6.07, 6.45) is 0. The van der Waals surface area contributed by atoms with Crippen molar-refractivity contribution in [1.29, 1.82) is 0 Å². The van der Waals surface area contributed by atoms with Crippen molar-refractivity contribution in [3.8, 4) is 11.5 Å². The number of aromatic hydroxyl groups is 2. The van der Waals surface area contributed by atoms with Crippen molar-refractivity contribution in [2.75, 3.05) is 26.6 Å². The number of hydrogen-bond donors (Lipinski definition) is 4. The maximum absolute atomic E-state index is 11.7. The Morgan fingerprint density at radius 3 is 1.50 bits per heavy atom. The summed E-state index contributed by atoms with van der Waals surface area (Å²) in [6, 6.07) is 12.2. The fourth-order valence-electron chi connectivity index (χ4n) is 2.00. The van der Waals surface area contributed by atoms with Crippen LogP contribution in [0.25, 0.3) is 0 Å². The number of nitrogens with one attached hydrogen (secondary N) is 2. The first-order valence-electron chi connectivity index (χ1n) is 7.91. The van der Waals surface area contributed by atoms with E-state index in [9.17, 15) is 19.8 Å². The number of ether oxygens (including phenoxy) is 2. The van der Waals surface area contributed by atoms with Crippen molar-refractivity contribution >= 4 is 11.9 Å². The highest BCUT2D eigenvalue weighted by Crippen LogP contribution is 2.16. The second-order valence-corrected chi connectivity index (χ2v) is 5.19. The van der Waals surface area contributed by atoms with Crippen LogP contribution in [0.5, 0.6) is 11.5 Å². The maximum Gasteiger partial charge on any atom is 0.343 e. The first-order valence-corrected chi connectivity index (χ1v) is 7.91. The van der Waals surface area contributed by atoms with Gasteiger partial charge in [0.1, 0.15) is 36.1 Å². The fraction of sp³-hybridized carbons (Fsp3) is 0.222. The number of carbonyl (C=O) groups is 2. The number of carbonyl (C=O) groups excluding carboxylic acids is 2. The van der Waals surface area contributed by atoms with E-state index < -0.39 is 11.9 Å². The summed E-state index contributed by atoms with van der Waals surface area (Å²) >= 11 is 0. The van der Waals surface area contributed by atoms with Crippen LogP contribution in [-0.4, -0.2) is 48.7 Å². The number of para-hydroxylation sites is 2. The van der Waals surface area contributed by atoms with E-state index in [4.69, 9.17) is 9.47 Å². The fourth-order valence-corrected chi connectivity index (χ4v) is 2.00. The molecule has 0 spiro atoms. The van der Waals surface area contributed by atoms with Crippen molar-refractivity contribution in [2.45, 2.75) is 0 Å². The van der Waals surface area contributed by atoms with Gasteiger partial charge in [0.25, 0.3) is 0 Å². The van der Waals surface area contributed by atoms with E-state index >= 15 is 0 Å². The quantitative estimate of drug-likeness (QED) is 0.299. The standard InChI is InChI=1S/C18H20N2O6/c21-15-7-3-1-5-13(15)17(23)25-11-19-9-10-20-12-26-18(24)14-6-2-4-8-16(14)22/h1-8,19-22H,9-12H2. The Labute approximate surface area is 150 Å². The summed E-state index contributed by atoms with van der Waals surface area (Å²) < 4.78 is 9.95. The van der Waals surface area contributed by atoms with E-state index in [1.54, 1.807) is 24.3 Å². The molecular weight excluding hydrogens is 340 g/mol. The topological polar surface area (TPSA) is 117 Å². The van der Waals surface area contributed by atoms with Crippen LogP contribution in [0.3, 0.4) is 0 Å². The smallest absolute Gasteiger partial charge is 0.343 e. The number of rotatable bonds is 9. The van der Waals surface area contributed by atoms with E-state index in [-0.39, 0.29) is 36.1 Å². The average molecular weight is 360 g/mol. The lowest BCUT2D eigenvalue weighted by atomic mass is 10.2. The first-order chi connectivity index (χ1) is 12.6. The van der Waals surface area contributed by atoms with Crippen molar-refractivity contribution in [2.24, 2.45) is 0 Å². The molecule has 0 aliphatic carbocycles. The molecule has 0 unspecified atom stereocenters. The molecule has 2 aromatic carbocycles. The zero-order valence-electron chi connectivity index (χ0n) is 14.0. The van der Waals surface area contributed by atoms with Crippen molar-refractivity contribution in [3.05, 3.63) is 59.7 Å². The number of esters is 2. The molecule has 0 amide bonds. The predicted octanol–water partition coefficient (Wildman–Crippen LogP) is 1.21. The van der Waals surface area contributed by atoms with Gasteiger partial charge in [0.2, 0.25) is 0 Å². The third-order valence-corrected chi connectivity index (χ3v) is 3.34. The SMILES string of the molecule is O=C(OCNCCNCOC(=O)c1ccccc1O)c1ccccc1O. The van der Waals surface area contributed by atoms with Gasteiger partial charge in [0, 0.05) is 13.1 Å². The summed E-state index contributed by atoms with van der Waals surface area (Å²) in [5, 5.41) is 24.8. The lowest BCUT2D eigenvalue weighted by Gasteiger charge is -2.09. The summed E-state index contributed by atoms with van der Waals surface area (Å²) in [4.78, 5) is 23.4. The van der Waals surface area contributed by atoms with Gasteiger partial charge in [-0.05, 0) is 24.3 Å². The Morgan fingerprint density at radius 2 is 1.12 bits per heavy atom. The highest BCUT2D eigenvalue weighted by Gasteiger charge is 2.12. The normalized spacial score (nSPS) is 10.3. The summed E-state index contributed by atoms with van der Waals surface area (Å²) in [6.45, 7) is 0.878. The molecule has 0 radical (unpaired) electrons. The van der Waals surface area contributed by atoms with Crippen LogP contribution in [0.1, 0.15) is 20.7 Å². The Bertz CT molecular complexity index is 686. The van der Waals surface area contributed by atoms with Gasteiger partial charge < -0.3 is 19.7 Å². The summed E-state index contributed by atoms with van der Waals surface area (Å²) in [5.74, 6) is -1.52. The van der Waals surface area contributed by atoms with E-state index in [0.717, 1.165) is 0 Å². The molecule has 4 N–H and O–H groups in total. The van der Waals surface area contributed by atoms with Crippen LogP contribution in [0, 0.1) is 0 Å². The molecule has 0 aliphatic rings. The molecule has 26 heavy (non-hydrogen) atoms. The van der Waals surface area contributed by atoms with Crippen molar-refractivity contribution in [3.63, 3.8) is 0 Å². The molecule has 2 rings (SSSR count). The molecule has 8 nitrogen and oxygen atoms in total. The van der Waals surface area contributed by atoms with Gasteiger partial charge in [-0.15, -0.1) is 0 Å². The van der Waals surface area contributed by atoms with Crippen LogP contribution in [-0.2, 0) is 9.47 Å². The van der Waals surface area contributed by atoms with Crippen molar-refractivity contribution < 1.29 is 29.3 Å². The molecule has 0 atom stereocenters. The monoisotopic (exact) mass is 360 g/mol. The molecule has 0 aromatic heterocycles. The van der Waals surface area contributed by atoms with Gasteiger partial charge >= 0.3 is 11.9 Å². The minimum Gasteiger partial charge on any atom is -0.507 e. The van der Waals surface area contributed by atoms with E-state index in [2.05, 4.69) is 10.6 Å². The Balaban J connectivity index is 1.55. The minimum absolute atomic E-state index is 0.0213. The first kappa shape index (κ1) is 19.2. The molecule has 138 valence electrons. The zero-order chi connectivity index (χ0) is 18.8. The van der Waals surface area contributed by atoms with Crippen LogP contribution in [0.2, 0.25) is 0 Å². The molecule has 0 fully saturated rings. The third-order valence-electron chi connectivity index (χ3n) is 3.34. The second kappa shape index (κ2) is 10.0. The Hall–Kier alpha value is -3.10. The lowest BCUT2D eigenvalue weighted by molar-refractivity contribution is 0.0442. The number of phenols is 2. The maximum atomic E-state index is 11.7. The highest BCUT2D eigenvalue weighted by atomic mass is 16.5. The molecule has 8 heteroatoms. The van der Waals surface area contributed by atoms with Gasteiger partial charge in [-0.25, -0.2) is 9.59 Å². The number of phenolic OH excluding ortho intramolecular Hbond substituents is 2. The Morgan fingerprint density at radius 1 is 0.731 bits per heavy atom. The van der Waals surface area contributed by atoms with Gasteiger partial charge in [-0.3, -0.25) is 10.6 Å². The average Bonchev–Trinajstić information content (AvgIpc) is 2.64. The van der Waals surface area contributed by atoms with Gasteiger partial charge in [-0.1, -0.05) is 24.3 Å². The van der Waals surface area contributed by atoms with E-state index in [1.807, 2.05) is 0 Å². The molecular formula is C18H20N2O6. The van der Waals surface area contributed by atoms with Crippen molar-refractivity contribution in [1.82, 2.24) is 10.6 Å². The third kappa shape index (κ3) is 5.76. The highest BCUT2D eigenvalue weighted by molar-refractivity contribution is 5.92. The van der Waals surface area contributed by atoms with Crippen LogP contribution < -0.4 is 10.6 Å². The Kier molecular flexibility index (Phi) is 7.41. The molecule has 0 bridgehead atoms.